The Balaban J connectivity index is 1.65. The number of aryl methyl sites for hydroxylation is 2. The van der Waals surface area contributed by atoms with Crippen molar-refractivity contribution >= 4 is 40.5 Å². The third-order valence-electron chi connectivity index (χ3n) is 3.29. The van der Waals surface area contributed by atoms with Crippen LogP contribution in [0.15, 0.2) is 41.4 Å². The van der Waals surface area contributed by atoms with E-state index in [0.717, 1.165) is 26.3 Å². The highest BCUT2D eigenvalue weighted by molar-refractivity contribution is 7.99. The minimum absolute atomic E-state index is 0.0384. The molecular weight excluding hydrogens is 362 g/mol. The minimum atomic E-state index is 0.0384. The van der Waals surface area contributed by atoms with E-state index in [0.29, 0.717) is 16.3 Å². The third kappa shape index (κ3) is 4.01. The monoisotopic (exact) mass is 375 g/mol. The summed E-state index contributed by atoms with van der Waals surface area (Å²) in [4.78, 5) is 17.6. The predicted molar refractivity (Wildman–Crippen MR) is 99.1 cm³/mol. The van der Waals surface area contributed by atoms with Crippen molar-refractivity contribution in [3.63, 3.8) is 0 Å². The first-order chi connectivity index (χ1) is 11.5. The van der Waals surface area contributed by atoms with Crippen LogP contribution in [-0.2, 0) is 0 Å². The number of nitrogens with zero attached hydrogens (tertiary/aromatic N) is 3. The van der Waals surface area contributed by atoms with Crippen LogP contribution in [0.4, 0.5) is 0 Å². The number of rotatable bonds is 5. The number of thioether (sulfide) groups is 1. The van der Waals surface area contributed by atoms with Crippen molar-refractivity contribution in [1.82, 2.24) is 15.2 Å². The van der Waals surface area contributed by atoms with Gasteiger partial charge in [-0.1, -0.05) is 23.4 Å². The standard InChI is InChI=1S/C17H14ClN3OS2/c1-10-17(24-11(2)19-10)14-7-8-16(21-20-14)23-9-15(22)12-3-5-13(18)6-4-12/h3-8H,9H2,1-2H3. The molecule has 1 aromatic carbocycles. The summed E-state index contributed by atoms with van der Waals surface area (Å²) in [6, 6.07) is 10.7. The van der Waals surface area contributed by atoms with Crippen molar-refractivity contribution in [3.8, 4) is 10.6 Å². The van der Waals surface area contributed by atoms with Crippen LogP contribution < -0.4 is 0 Å². The molecule has 0 fully saturated rings. The van der Waals surface area contributed by atoms with Gasteiger partial charge in [-0.25, -0.2) is 4.98 Å². The molecule has 0 unspecified atom stereocenters. The van der Waals surface area contributed by atoms with Gasteiger partial charge in [0, 0.05) is 10.6 Å². The number of ketones is 1. The van der Waals surface area contributed by atoms with Gasteiger partial charge in [0.2, 0.25) is 0 Å². The molecule has 0 amide bonds. The number of carbonyl (C=O) groups is 1. The van der Waals surface area contributed by atoms with E-state index in [4.69, 9.17) is 11.6 Å². The van der Waals surface area contributed by atoms with Crippen molar-refractivity contribution in [2.24, 2.45) is 0 Å². The molecule has 0 saturated carbocycles. The molecule has 0 spiro atoms. The van der Waals surface area contributed by atoms with E-state index in [2.05, 4.69) is 15.2 Å². The molecule has 2 aromatic heterocycles. The Hall–Kier alpha value is -1.76. The summed E-state index contributed by atoms with van der Waals surface area (Å²) in [6.45, 7) is 3.94. The number of aromatic nitrogens is 3. The van der Waals surface area contributed by atoms with Gasteiger partial charge in [0.25, 0.3) is 0 Å². The average molecular weight is 376 g/mol. The number of benzene rings is 1. The molecule has 3 aromatic rings. The minimum Gasteiger partial charge on any atom is -0.293 e. The van der Waals surface area contributed by atoms with Crippen molar-refractivity contribution in [2.45, 2.75) is 18.9 Å². The normalized spacial score (nSPS) is 10.8. The first-order valence-electron chi connectivity index (χ1n) is 7.22. The molecule has 0 aliphatic carbocycles. The molecule has 0 bridgehead atoms. The Morgan fingerprint density at radius 2 is 1.88 bits per heavy atom. The van der Waals surface area contributed by atoms with Crippen LogP contribution in [0.3, 0.4) is 0 Å². The molecule has 7 heteroatoms. The van der Waals surface area contributed by atoms with Gasteiger partial charge in [-0.3, -0.25) is 4.79 Å². The molecule has 0 atom stereocenters. The van der Waals surface area contributed by atoms with Gasteiger partial charge < -0.3 is 0 Å². The summed E-state index contributed by atoms with van der Waals surface area (Å²) in [5, 5.41) is 10.8. The predicted octanol–water partition coefficient (Wildman–Crippen LogP) is 4.85. The van der Waals surface area contributed by atoms with E-state index in [1.165, 1.54) is 11.8 Å². The second-order valence-electron chi connectivity index (χ2n) is 5.12. The van der Waals surface area contributed by atoms with Gasteiger partial charge in [-0.15, -0.1) is 21.5 Å². The quantitative estimate of drug-likeness (QED) is 0.471. The molecule has 4 nitrogen and oxygen atoms in total. The summed E-state index contributed by atoms with van der Waals surface area (Å²) < 4.78 is 0. The van der Waals surface area contributed by atoms with Crippen molar-refractivity contribution in [1.29, 1.82) is 0 Å². The van der Waals surface area contributed by atoms with Crippen LogP contribution in [0.5, 0.6) is 0 Å². The molecule has 122 valence electrons. The van der Waals surface area contributed by atoms with E-state index >= 15 is 0 Å². The lowest BCUT2D eigenvalue weighted by Crippen LogP contribution is -2.02. The third-order valence-corrected chi connectivity index (χ3v) is 5.56. The van der Waals surface area contributed by atoms with Crippen molar-refractivity contribution < 1.29 is 4.79 Å². The van der Waals surface area contributed by atoms with Crippen molar-refractivity contribution in [3.05, 3.63) is 57.7 Å². The van der Waals surface area contributed by atoms with Gasteiger partial charge in [0.1, 0.15) is 10.7 Å². The number of carbonyl (C=O) groups excluding carboxylic acids is 1. The Kier molecular flexibility index (Phi) is 5.28. The van der Waals surface area contributed by atoms with Crippen molar-refractivity contribution in [2.75, 3.05) is 5.75 Å². The molecule has 0 aliphatic heterocycles. The van der Waals surface area contributed by atoms with Crippen LogP contribution >= 0.6 is 34.7 Å². The van der Waals surface area contributed by atoms with Gasteiger partial charge >= 0.3 is 0 Å². The zero-order valence-corrected chi connectivity index (χ0v) is 15.5. The fraction of sp³-hybridized carbons (Fsp3) is 0.176. The molecule has 2 heterocycles. The number of hydrogen-bond donors (Lipinski definition) is 0. The topological polar surface area (TPSA) is 55.7 Å². The van der Waals surface area contributed by atoms with E-state index in [1.807, 2.05) is 26.0 Å². The lowest BCUT2D eigenvalue weighted by molar-refractivity contribution is 0.102. The van der Waals surface area contributed by atoms with Crippen LogP contribution in [0, 0.1) is 13.8 Å². The highest BCUT2D eigenvalue weighted by atomic mass is 35.5. The maximum absolute atomic E-state index is 12.1. The Bertz CT molecular complexity index is 861. The molecule has 24 heavy (non-hydrogen) atoms. The van der Waals surface area contributed by atoms with Crippen LogP contribution in [-0.4, -0.2) is 26.7 Å². The summed E-state index contributed by atoms with van der Waals surface area (Å²) in [5.74, 6) is 0.352. The largest absolute Gasteiger partial charge is 0.293 e. The molecule has 0 N–H and O–H groups in total. The van der Waals surface area contributed by atoms with E-state index in [9.17, 15) is 4.79 Å². The Morgan fingerprint density at radius 1 is 1.12 bits per heavy atom. The van der Waals surface area contributed by atoms with Crippen LogP contribution in [0.25, 0.3) is 10.6 Å². The van der Waals surface area contributed by atoms with Gasteiger partial charge in [-0.05, 0) is 50.2 Å². The van der Waals surface area contributed by atoms with Gasteiger partial charge in [-0.2, -0.15) is 0 Å². The first kappa shape index (κ1) is 17.1. The summed E-state index contributed by atoms with van der Waals surface area (Å²) in [7, 11) is 0. The van der Waals surface area contributed by atoms with Crippen LogP contribution in [0.1, 0.15) is 21.1 Å². The second-order valence-corrected chi connectivity index (χ2v) is 7.76. The van der Waals surface area contributed by atoms with E-state index < -0.39 is 0 Å². The zero-order chi connectivity index (χ0) is 17.1. The van der Waals surface area contributed by atoms with E-state index in [-0.39, 0.29) is 5.78 Å². The van der Waals surface area contributed by atoms with Gasteiger partial charge in [0.15, 0.2) is 5.78 Å². The zero-order valence-electron chi connectivity index (χ0n) is 13.1. The molecule has 0 radical (unpaired) electrons. The Labute approximate surface area is 153 Å². The fourth-order valence-electron chi connectivity index (χ4n) is 2.15. The lowest BCUT2D eigenvalue weighted by atomic mass is 10.1. The summed E-state index contributed by atoms with van der Waals surface area (Å²) >= 11 is 8.81. The molecule has 0 saturated heterocycles. The number of halogens is 1. The summed E-state index contributed by atoms with van der Waals surface area (Å²) in [6.07, 6.45) is 0. The number of Topliss-reactive ketones (excluding diaryl/α,β-unsaturated/α-hetero) is 1. The maximum atomic E-state index is 12.1. The average Bonchev–Trinajstić information content (AvgIpc) is 2.92. The summed E-state index contributed by atoms with van der Waals surface area (Å²) in [5.41, 5.74) is 2.42. The Morgan fingerprint density at radius 3 is 2.46 bits per heavy atom. The number of hydrogen-bond acceptors (Lipinski definition) is 6. The molecule has 3 rings (SSSR count). The molecule has 0 aliphatic rings. The SMILES string of the molecule is Cc1nc(C)c(-c2ccc(SCC(=O)c3ccc(Cl)cc3)nn2)s1. The lowest BCUT2D eigenvalue weighted by Gasteiger charge is -2.02. The fourth-order valence-corrected chi connectivity index (χ4v) is 3.86. The second kappa shape index (κ2) is 7.42. The highest BCUT2D eigenvalue weighted by Crippen LogP contribution is 2.28. The smallest absolute Gasteiger partial charge is 0.173 e. The highest BCUT2D eigenvalue weighted by Gasteiger charge is 2.11. The van der Waals surface area contributed by atoms with Gasteiger partial charge in [0.05, 0.1) is 21.3 Å². The number of thiazole rings is 1. The maximum Gasteiger partial charge on any atom is 0.173 e. The first-order valence-corrected chi connectivity index (χ1v) is 9.40. The molecular formula is C17H14ClN3OS2. The van der Waals surface area contributed by atoms with E-state index in [1.54, 1.807) is 35.6 Å². The van der Waals surface area contributed by atoms with Crippen LogP contribution in [0.2, 0.25) is 5.02 Å².